The Hall–Kier alpha value is -1.33. The minimum atomic E-state index is -0.587. The topological polar surface area (TPSA) is 75.3 Å². The largest absolute Gasteiger partial charge is 0.506 e. The molecule has 0 aliphatic heterocycles. The Bertz CT molecular complexity index is 527. The SMILES string of the molecule is NC(=S)C1(NC(=O)c2ccc(O)c(Cl)c2)CCCC1. The Kier molecular flexibility index (Phi) is 3.96. The van der Waals surface area contributed by atoms with Gasteiger partial charge in [0.15, 0.2) is 0 Å². The van der Waals surface area contributed by atoms with Crippen LogP contribution in [0.2, 0.25) is 5.02 Å². The van der Waals surface area contributed by atoms with Crippen LogP contribution in [-0.4, -0.2) is 21.5 Å². The van der Waals surface area contributed by atoms with Gasteiger partial charge in [-0.05, 0) is 31.0 Å². The average molecular weight is 299 g/mol. The molecule has 1 fully saturated rings. The second kappa shape index (κ2) is 5.35. The van der Waals surface area contributed by atoms with Gasteiger partial charge >= 0.3 is 0 Å². The van der Waals surface area contributed by atoms with Crippen LogP contribution < -0.4 is 11.1 Å². The molecule has 0 heterocycles. The lowest BCUT2D eigenvalue weighted by molar-refractivity contribution is 0.0924. The highest BCUT2D eigenvalue weighted by Crippen LogP contribution is 2.31. The minimum absolute atomic E-state index is 0.0526. The summed E-state index contributed by atoms with van der Waals surface area (Å²) >= 11 is 10.9. The average Bonchev–Trinajstić information content (AvgIpc) is 2.82. The zero-order chi connectivity index (χ0) is 14.0. The van der Waals surface area contributed by atoms with Gasteiger partial charge in [-0.3, -0.25) is 4.79 Å². The lowest BCUT2D eigenvalue weighted by atomic mass is 9.97. The predicted molar refractivity (Wildman–Crippen MR) is 78.6 cm³/mol. The van der Waals surface area contributed by atoms with Crippen molar-refractivity contribution < 1.29 is 9.90 Å². The zero-order valence-electron chi connectivity index (χ0n) is 10.3. The molecule has 0 spiro atoms. The lowest BCUT2D eigenvalue weighted by Crippen LogP contribution is -2.54. The summed E-state index contributed by atoms with van der Waals surface area (Å²) in [7, 11) is 0. The van der Waals surface area contributed by atoms with E-state index in [9.17, 15) is 9.90 Å². The molecule has 102 valence electrons. The molecule has 1 aliphatic carbocycles. The van der Waals surface area contributed by atoms with E-state index in [1.54, 1.807) is 0 Å². The summed E-state index contributed by atoms with van der Waals surface area (Å²) in [5.41, 5.74) is 5.56. The molecule has 1 saturated carbocycles. The first-order chi connectivity index (χ1) is 8.94. The first-order valence-electron chi connectivity index (χ1n) is 6.05. The minimum Gasteiger partial charge on any atom is -0.506 e. The van der Waals surface area contributed by atoms with Crippen LogP contribution in [-0.2, 0) is 0 Å². The van der Waals surface area contributed by atoms with Crippen LogP contribution in [0.1, 0.15) is 36.0 Å². The van der Waals surface area contributed by atoms with E-state index < -0.39 is 5.54 Å². The van der Waals surface area contributed by atoms with Crippen LogP contribution in [0.5, 0.6) is 5.75 Å². The summed E-state index contributed by atoms with van der Waals surface area (Å²) in [6, 6.07) is 4.33. The first-order valence-corrected chi connectivity index (χ1v) is 6.84. The molecule has 19 heavy (non-hydrogen) atoms. The van der Waals surface area contributed by atoms with Crippen molar-refractivity contribution in [1.82, 2.24) is 5.32 Å². The molecule has 1 amide bonds. The number of phenolic OH excluding ortho intramolecular Hbond substituents is 1. The van der Waals surface area contributed by atoms with Crippen molar-refractivity contribution in [3.63, 3.8) is 0 Å². The number of thiocarbonyl (C=S) groups is 1. The van der Waals surface area contributed by atoms with E-state index in [0.717, 1.165) is 25.7 Å². The molecule has 0 saturated heterocycles. The van der Waals surface area contributed by atoms with Crippen molar-refractivity contribution in [2.45, 2.75) is 31.2 Å². The van der Waals surface area contributed by atoms with Crippen molar-refractivity contribution in [3.8, 4) is 5.75 Å². The van der Waals surface area contributed by atoms with Crippen LogP contribution in [0, 0.1) is 0 Å². The van der Waals surface area contributed by atoms with E-state index in [4.69, 9.17) is 29.6 Å². The second-order valence-electron chi connectivity index (χ2n) is 4.77. The fourth-order valence-corrected chi connectivity index (χ4v) is 2.78. The predicted octanol–water partition coefficient (Wildman–Crippen LogP) is 2.37. The maximum absolute atomic E-state index is 12.2. The number of hydrogen-bond donors (Lipinski definition) is 3. The highest BCUT2D eigenvalue weighted by molar-refractivity contribution is 7.80. The summed E-state index contributed by atoms with van der Waals surface area (Å²) in [4.78, 5) is 12.5. The number of phenols is 1. The monoisotopic (exact) mass is 298 g/mol. The molecule has 0 bridgehead atoms. The lowest BCUT2D eigenvalue weighted by Gasteiger charge is -2.29. The number of carbonyl (C=O) groups excluding carboxylic acids is 1. The van der Waals surface area contributed by atoms with E-state index >= 15 is 0 Å². The summed E-state index contributed by atoms with van der Waals surface area (Å²) in [6.07, 6.45) is 3.52. The number of carbonyl (C=O) groups is 1. The van der Waals surface area contributed by atoms with Crippen LogP contribution in [0.15, 0.2) is 18.2 Å². The van der Waals surface area contributed by atoms with Crippen molar-refractivity contribution >= 4 is 34.7 Å². The number of amides is 1. The summed E-state index contributed by atoms with van der Waals surface area (Å²) < 4.78 is 0. The number of nitrogens with one attached hydrogen (secondary N) is 1. The smallest absolute Gasteiger partial charge is 0.252 e. The van der Waals surface area contributed by atoms with E-state index in [2.05, 4.69) is 5.32 Å². The number of halogens is 1. The number of aromatic hydroxyl groups is 1. The maximum atomic E-state index is 12.2. The molecule has 0 unspecified atom stereocenters. The molecule has 4 nitrogen and oxygen atoms in total. The molecule has 0 radical (unpaired) electrons. The molecular formula is C13H15ClN2O2S. The molecule has 4 N–H and O–H groups in total. The van der Waals surface area contributed by atoms with Gasteiger partial charge in [-0.1, -0.05) is 36.7 Å². The Labute approximate surface area is 121 Å². The van der Waals surface area contributed by atoms with Crippen molar-refractivity contribution in [2.24, 2.45) is 5.73 Å². The summed E-state index contributed by atoms with van der Waals surface area (Å²) in [5.74, 6) is -0.334. The van der Waals surface area contributed by atoms with E-state index in [-0.39, 0.29) is 16.7 Å². The second-order valence-corrected chi connectivity index (χ2v) is 5.62. The molecule has 1 aromatic rings. The maximum Gasteiger partial charge on any atom is 0.252 e. The summed E-state index contributed by atoms with van der Waals surface area (Å²) in [5, 5.41) is 12.4. The number of benzene rings is 1. The molecule has 0 atom stereocenters. The van der Waals surface area contributed by atoms with Crippen LogP contribution in [0.3, 0.4) is 0 Å². The van der Waals surface area contributed by atoms with Crippen LogP contribution >= 0.6 is 23.8 Å². The Morgan fingerprint density at radius 2 is 2.05 bits per heavy atom. The third-order valence-electron chi connectivity index (χ3n) is 3.49. The van der Waals surface area contributed by atoms with Gasteiger partial charge in [0.25, 0.3) is 5.91 Å². The third-order valence-corrected chi connectivity index (χ3v) is 4.18. The van der Waals surface area contributed by atoms with E-state index in [0.29, 0.717) is 10.6 Å². The third kappa shape index (κ3) is 2.82. The van der Waals surface area contributed by atoms with Gasteiger partial charge in [0, 0.05) is 5.56 Å². The zero-order valence-corrected chi connectivity index (χ0v) is 11.9. The highest BCUT2D eigenvalue weighted by atomic mass is 35.5. The van der Waals surface area contributed by atoms with Crippen molar-refractivity contribution in [2.75, 3.05) is 0 Å². The van der Waals surface area contributed by atoms with E-state index in [1.165, 1.54) is 18.2 Å². The van der Waals surface area contributed by atoms with Gasteiger partial charge in [-0.2, -0.15) is 0 Å². The fraction of sp³-hybridized carbons (Fsp3) is 0.385. The van der Waals surface area contributed by atoms with Crippen molar-refractivity contribution in [1.29, 1.82) is 0 Å². The van der Waals surface area contributed by atoms with Crippen molar-refractivity contribution in [3.05, 3.63) is 28.8 Å². The van der Waals surface area contributed by atoms with Crippen LogP contribution in [0.4, 0.5) is 0 Å². The molecular weight excluding hydrogens is 284 g/mol. The normalized spacial score (nSPS) is 17.1. The molecule has 1 aliphatic rings. The Balaban J connectivity index is 2.20. The number of hydrogen-bond acceptors (Lipinski definition) is 3. The Morgan fingerprint density at radius 3 is 2.58 bits per heavy atom. The van der Waals surface area contributed by atoms with Gasteiger partial charge < -0.3 is 16.2 Å². The number of rotatable bonds is 3. The quantitative estimate of drug-likeness (QED) is 0.749. The van der Waals surface area contributed by atoms with Gasteiger partial charge in [0.2, 0.25) is 0 Å². The Morgan fingerprint density at radius 1 is 1.42 bits per heavy atom. The van der Waals surface area contributed by atoms with Crippen LogP contribution in [0.25, 0.3) is 0 Å². The highest BCUT2D eigenvalue weighted by Gasteiger charge is 2.38. The van der Waals surface area contributed by atoms with Gasteiger partial charge in [-0.15, -0.1) is 0 Å². The molecule has 2 rings (SSSR count). The van der Waals surface area contributed by atoms with Gasteiger partial charge in [0.1, 0.15) is 5.75 Å². The van der Waals surface area contributed by atoms with E-state index in [1.807, 2.05) is 0 Å². The standard InChI is InChI=1S/C13H15ClN2O2S/c14-9-7-8(3-4-10(9)17)11(18)16-13(12(15)19)5-1-2-6-13/h3-4,7,17H,1-2,5-6H2,(H2,15,19)(H,16,18). The van der Waals surface area contributed by atoms with Gasteiger partial charge in [0.05, 0.1) is 15.6 Å². The molecule has 0 aromatic heterocycles. The summed E-state index contributed by atoms with van der Waals surface area (Å²) in [6.45, 7) is 0. The van der Waals surface area contributed by atoms with Gasteiger partial charge in [-0.25, -0.2) is 0 Å². The number of nitrogens with two attached hydrogens (primary N) is 1. The molecule has 6 heteroatoms. The fourth-order valence-electron chi connectivity index (χ4n) is 2.35. The first kappa shape index (κ1) is 14.1. The molecule has 1 aromatic carbocycles.